The molecule has 3 nitrogen and oxygen atoms in total. The minimum absolute atomic E-state index is 0.139. The quantitative estimate of drug-likeness (QED) is 0.703. The van der Waals surface area contributed by atoms with E-state index >= 15 is 0 Å². The second kappa shape index (κ2) is 5.48. The molecule has 0 heterocycles. The molecule has 0 bridgehead atoms. The van der Waals surface area contributed by atoms with Crippen LogP contribution in [-0.4, -0.2) is 23.7 Å². The zero-order valence-corrected chi connectivity index (χ0v) is 9.74. The van der Waals surface area contributed by atoms with E-state index in [1.807, 2.05) is 0 Å². The summed E-state index contributed by atoms with van der Waals surface area (Å²) in [6.45, 7) is 0.945. The highest BCUT2D eigenvalue weighted by atomic mass is 16.4. The van der Waals surface area contributed by atoms with Gasteiger partial charge in [0.2, 0.25) is 0 Å². The summed E-state index contributed by atoms with van der Waals surface area (Å²) < 4.78 is 0. The van der Waals surface area contributed by atoms with E-state index in [2.05, 4.69) is 11.4 Å². The fourth-order valence-corrected chi connectivity index (χ4v) is 2.59. The highest BCUT2D eigenvalue weighted by Crippen LogP contribution is 2.27. The summed E-state index contributed by atoms with van der Waals surface area (Å²) in [5.41, 5.74) is 1.56. The van der Waals surface area contributed by atoms with E-state index in [1.54, 1.807) is 5.57 Å². The standard InChI is InChI=1S/C13H21NO2/c15-13(16)11-6-7-12(11)14-9-8-10-4-2-1-3-5-10/h4,11-12,14H,1-3,5-9H2,(H,15,16). The molecule has 2 rings (SSSR count). The van der Waals surface area contributed by atoms with Gasteiger partial charge in [-0.2, -0.15) is 0 Å². The van der Waals surface area contributed by atoms with Crippen molar-refractivity contribution in [2.45, 2.75) is 51.0 Å². The fraction of sp³-hybridized carbons (Fsp3) is 0.769. The summed E-state index contributed by atoms with van der Waals surface area (Å²) in [6, 6.07) is 0.224. The number of rotatable bonds is 5. The Bertz CT molecular complexity index is 286. The molecule has 0 amide bonds. The van der Waals surface area contributed by atoms with E-state index in [1.165, 1.54) is 25.7 Å². The Kier molecular flexibility index (Phi) is 3.99. The number of carboxylic acid groups (broad SMARTS) is 1. The normalized spacial score (nSPS) is 29.4. The second-order valence-corrected chi connectivity index (χ2v) is 4.94. The lowest BCUT2D eigenvalue weighted by Gasteiger charge is -2.34. The Labute approximate surface area is 96.9 Å². The molecule has 0 aromatic rings. The van der Waals surface area contributed by atoms with Gasteiger partial charge in [0.15, 0.2) is 0 Å². The summed E-state index contributed by atoms with van der Waals surface area (Å²) in [6.07, 6.45) is 10.5. The van der Waals surface area contributed by atoms with E-state index in [0.29, 0.717) is 0 Å². The molecule has 0 radical (unpaired) electrons. The third-order valence-electron chi connectivity index (χ3n) is 3.83. The molecule has 2 aliphatic rings. The van der Waals surface area contributed by atoms with Crippen LogP contribution < -0.4 is 5.32 Å². The number of carboxylic acids is 1. The molecule has 0 aliphatic heterocycles. The number of allylic oxidation sites excluding steroid dienone is 1. The predicted octanol–water partition coefficient (Wildman–Crippen LogP) is 2.33. The topological polar surface area (TPSA) is 49.3 Å². The first-order valence-electron chi connectivity index (χ1n) is 6.41. The maximum atomic E-state index is 10.8. The van der Waals surface area contributed by atoms with E-state index in [-0.39, 0.29) is 12.0 Å². The van der Waals surface area contributed by atoms with Crippen molar-refractivity contribution in [2.75, 3.05) is 6.54 Å². The smallest absolute Gasteiger partial charge is 0.308 e. The molecule has 1 fully saturated rings. The Morgan fingerprint density at radius 3 is 2.88 bits per heavy atom. The second-order valence-electron chi connectivity index (χ2n) is 4.94. The maximum Gasteiger partial charge on any atom is 0.308 e. The summed E-state index contributed by atoms with van der Waals surface area (Å²) in [5, 5.41) is 12.3. The van der Waals surface area contributed by atoms with Crippen LogP contribution in [-0.2, 0) is 4.79 Å². The SMILES string of the molecule is O=C(O)C1CCC1NCCC1=CCCCC1. The van der Waals surface area contributed by atoms with Gasteiger partial charge in [-0.05, 0) is 51.5 Å². The van der Waals surface area contributed by atoms with Crippen LogP contribution in [0.5, 0.6) is 0 Å². The first-order valence-corrected chi connectivity index (χ1v) is 6.41. The van der Waals surface area contributed by atoms with Gasteiger partial charge in [0.05, 0.1) is 5.92 Å². The molecule has 2 N–H and O–H groups in total. The van der Waals surface area contributed by atoms with Gasteiger partial charge in [0.1, 0.15) is 0 Å². The largest absolute Gasteiger partial charge is 0.481 e. The molecule has 90 valence electrons. The van der Waals surface area contributed by atoms with Crippen LogP contribution >= 0.6 is 0 Å². The molecule has 2 unspecified atom stereocenters. The lowest BCUT2D eigenvalue weighted by Crippen LogP contribution is -2.47. The zero-order chi connectivity index (χ0) is 11.4. The summed E-state index contributed by atoms with van der Waals surface area (Å²) in [4.78, 5) is 10.8. The molecule has 3 heteroatoms. The van der Waals surface area contributed by atoms with Crippen molar-refractivity contribution in [2.24, 2.45) is 5.92 Å². The van der Waals surface area contributed by atoms with Gasteiger partial charge in [-0.15, -0.1) is 0 Å². The van der Waals surface area contributed by atoms with Gasteiger partial charge in [0.25, 0.3) is 0 Å². The summed E-state index contributed by atoms with van der Waals surface area (Å²) in [5.74, 6) is -0.777. The Balaban J connectivity index is 1.64. The first-order chi connectivity index (χ1) is 7.77. The molecule has 16 heavy (non-hydrogen) atoms. The van der Waals surface area contributed by atoms with Crippen molar-refractivity contribution in [1.29, 1.82) is 0 Å². The lowest BCUT2D eigenvalue weighted by atomic mass is 9.79. The van der Waals surface area contributed by atoms with Gasteiger partial charge in [0, 0.05) is 6.04 Å². The minimum Gasteiger partial charge on any atom is -0.481 e. The van der Waals surface area contributed by atoms with Crippen LogP contribution in [0, 0.1) is 5.92 Å². The highest BCUT2D eigenvalue weighted by Gasteiger charge is 2.35. The molecule has 1 saturated carbocycles. The molecule has 0 aromatic carbocycles. The van der Waals surface area contributed by atoms with Crippen molar-refractivity contribution >= 4 is 5.97 Å². The Morgan fingerprint density at radius 1 is 1.44 bits per heavy atom. The highest BCUT2D eigenvalue weighted by molar-refractivity contribution is 5.72. The van der Waals surface area contributed by atoms with E-state index < -0.39 is 5.97 Å². The third-order valence-corrected chi connectivity index (χ3v) is 3.83. The average molecular weight is 223 g/mol. The lowest BCUT2D eigenvalue weighted by molar-refractivity contribution is -0.146. The summed E-state index contributed by atoms with van der Waals surface area (Å²) >= 11 is 0. The number of nitrogens with one attached hydrogen (secondary N) is 1. The first kappa shape index (κ1) is 11.6. The van der Waals surface area contributed by atoms with E-state index in [0.717, 1.165) is 25.8 Å². The summed E-state index contributed by atoms with van der Waals surface area (Å²) in [7, 11) is 0. The van der Waals surface area contributed by atoms with Crippen molar-refractivity contribution in [3.63, 3.8) is 0 Å². The molecule has 0 aromatic heterocycles. The third kappa shape index (κ3) is 2.85. The minimum atomic E-state index is -0.638. The van der Waals surface area contributed by atoms with Crippen LogP contribution in [0.25, 0.3) is 0 Å². The predicted molar refractivity (Wildman–Crippen MR) is 63.3 cm³/mol. The average Bonchev–Trinajstić information content (AvgIpc) is 2.23. The maximum absolute atomic E-state index is 10.8. The van der Waals surface area contributed by atoms with E-state index in [4.69, 9.17) is 5.11 Å². The Morgan fingerprint density at radius 2 is 2.31 bits per heavy atom. The monoisotopic (exact) mass is 223 g/mol. The van der Waals surface area contributed by atoms with Crippen LogP contribution in [0.4, 0.5) is 0 Å². The van der Waals surface area contributed by atoms with Gasteiger partial charge < -0.3 is 10.4 Å². The van der Waals surface area contributed by atoms with Crippen LogP contribution in [0.1, 0.15) is 44.9 Å². The molecule has 0 saturated heterocycles. The van der Waals surface area contributed by atoms with Crippen molar-refractivity contribution in [3.05, 3.63) is 11.6 Å². The van der Waals surface area contributed by atoms with Crippen LogP contribution in [0.3, 0.4) is 0 Å². The van der Waals surface area contributed by atoms with Crippen molar-refractivity contribution in [3.8, 4) is 0 Å². The molecule has 2 atom stereocenters. The number of carbonyl (C=O) groups is 1. The van der Waals surface area contributed by atoms with Crippen molar-refractivity contribution < 1.29 is 9.90 Å². The van der Waals surface area contributed by atoms with Gasteiger partial charge in [-0.1, -0.05) is 11.6 Å². The fourth-order valence-electron chi connectivity index (χ4n) is 2.59. The molecule has 2 aliphatic carbocycles. The molecule has 0 spiro atoms. The Hall–Kier alpha value is -0.830. The van der Waals surface area contributed by atoms with Gasteiger partial charge in [-0.3, -0.25) is 4.79 Å². The number of aliphatic carboxylic acids is 1. The van der Waals surface area contributed by atoms with Gasteiger partial charge in [-0.25, -0.2) is 0 Å². The zero-order valence-electron chi connectivity index (χ0n) is 9.74. The molecular weight excluding hydrogens is 202 g/mol. The van der Waals surface area contributed by atoms with Gasteiger partial charge >= 0.3 is 5.97 Å². The number of hydrogen-bond acceptors (Lipinski definition) is 2. The van der Waals surface area contributed by atoms with Crippen molar-refractivity contribution in [1.82, 2.24) is 5.32 Å². The van der Waals surface area contributed by atoms with E-state index in [9.17, 15) is 4.79 Å². The molecular formula is C13H21NO2. The van der Waals surface area contributed by atoms with Crippen LogP contribution in [0.2, 0.25) is 0 Å². The number of hydrogen-bond donors (Lipinski definition) is 2. The van der Waals surface area contributed by atoms with Crippen LogP contribution in [0.15, 0.2) is 11.6 Å².